The summed E-state index contributed by atoms with van der Waals surface area (Å²) in [5.74, 6) is 0.674. The average molecular weight is 436 g/mol. The van der Waals surface area contributed by atoms with Gasteiger partial charge in [-0.05, 0) is 36.4 Å². The van der Waals surface area contributed by atoms with E-state index in [0.29, 0.717) is 18.1 Å². The number of carbonyl (C=O) groups excluding carboxylic acids is 1. The Bertz CT molecular complexity index is 937. The monoisotopic (exact) mass is 435 g/mol. The Morgan fingerprint density at radius 1 is 1.20 bits per heavy atom. The molecule has 0 saturated carbocycles. The lowest BCUT2D eigenvalue weighted by atomic mass is 10.2. The van der Waals surface area contributed by atoms with E-state index < -0.39 is 22.2 Å². The highest BCUT2D eigenvalue weighted by molar-refractivity contribution is 7.89. The van der Waals surface area contributed by atoms with Gasteiger partial charge in [-0.25, -0.2) is 8.42 Å². The van der Waals surface area contributed by atoms with E-state index in [0.717, 1.165) is 0 Å². The molecule has 1 fully saturated rings. The summed E-state index contributed by atoms with van der Waals surface area (Å²) in [7, 11) is -0.891. The number of hydrogen-bond donors (Lipinski definition) is 1. The second-order valence-corrected chi connectivity index (χ2v) is 8.60. The second kappa shape index (κ2) is 9.88. The van der Waals surface area contributed by atoms with Crippen molar-refractivity contribution in [3.05, 3.63) is 48.8 Å². The fraction of sp³-hybridized carbons (Fsp3) is 0.400. The van der Waals surface area contributed by atoms with Gasteiger partial charge in [0.1, 0.15) is 23.6 Å². The second-order valence-electron chi connectivity index (χ2n) is 6.71. The molecule has 2 aromatic rings. The molecule has 1 aromatic heterocycles. The third kappa shape index (κ3) is 5.07. The minimum atomic E-state index is -3.92. The molecule has 0 radical (unpaired) electrons. The molecule has 0 unspecified atom stereocenters. The molecule has 162 valence electrons. The van der Waals surface area contributed by atoms with Crippen LogP contribution in [0.4, 0.5) is 0 Å². The predicted octanol–water partition coefficient (Wildman–Crippen LogP) is 1.06. The van der Waals surface area contributed by atoms with E-state index in [1.54, 1.807) is 36.7 Å². The highest BCUT2D eigenvalue weighted by atomic mass is 32.2. The maximum atomic E-state index is 13.3. The lowest BCUT2D eigenvalue weighted by Gasteiger charge is -2.23. The molecule has 0 bridgehead atoms. The van der Waals surface area contributed by atoms with Gasteiger partial charge in [-0.3, -0.25) is 9.78 Å². The average Bonchev–Trinajstić information content (AvgIpc) is 3.19. The van der Waals surface area contributed by atoms with Crippen LogP contribution in [0.1, 0.15) is 6.42 Å². The number of nitrogens with zero attached hydrogens (tertiary/aromatic N) is 2. The maximum Gasteiger partial charge on any atom is 0.243 e. The Hall–Kier alpha value is -2.69. The predicted molar refractivity (Wildman–Crippen MR) is 109 cm³/mol. The summed E-state index contributed by atoms with van der Waals surface area (Å²) in [5, 5.41) is 2.72. The van der Waals surface area contributed by atoms with Gasteiger partial charge in [0.05, 0.1) is 31.4 Å². The fourth-order valence-corrected chi connectivity index (χ4v) is 4.87. The normalized spacial score (nSPS) is 19.4. The molecule has 2 heterocycles. The Morgan fingerprint density at radius 2 is 1.97 bits per heavy atom. The molecule has 1 aliphatic heterocycles. The Morgan fingerprint density at radius 3 is 2.60 bits per heavy atom. The maximum absolute atomic E-state index is 13.3. The molecular weight excluding hydrogens is 410 g/mol. The summed E-state index contributed by atoms with van der Waals surface area (Å²) in [6, 6.07) is 8.63. The van der Waals surface area contributed by atoms with Crippen LogP contribution >= 0.6 is 0 Å². The standard InChI is InChI=1S/C20H25N3O6S/c1-27-11-10-22-20(24)19-12-17(29-16-4-3-9-21-13-16)14-23(19)30(25,26)18-7-5-15(28-2)6-8-18/h3-9,13,17,19H,10-12,14H2,1-2H3,(H,22,24)/t17-,19+/m0/s1. The summed E-state index contributed by atoms with van der Waals surface area (Å²) < 4.78 is 43.7. The van der Waals surface area contributed by atoms with Crippen LogP contribution in [0.2, 0.25) is 0 Å². The number of methoxy groups -OCH3 is 2. The minimum absolute atomic E-state index is 0.0472. The molecule has 1 aromatic carbocycles. The zero-order chi connectivity index (χ0) is 21.6. The SMILES string of the molecule is COCCNC(=O)[C@H]1C[C@H](Oc2cccnc2)CN1S(=O)(=O)c1ccc(OC)cc1. The van der Waals surface area contributed by atoms with Crippen molar-refractivity contribution in [2.75, 3.05) is 33.9 Å². The number of aromatic nitrogens is 1. The third-order valence-electron chi connectivity index (χ3n) is 4.73. The van der Waals surface area contributed by atoms with E-state index in [4.69, 9.17) is 14.2 Å². The van der Waals surface area contributed by atoms with Crippen LogP contribution in [0.15, 0.2) is 53.7 Å². The molecular formula is C20H25N3O6S. The van der Waals surface area contributed by atoms with E-state index in [1.165, 1.54) is 30.7 Å². The van der Waals surface area contributed by atoms with Crippen molar-refractivity contribution in [3.63, 3.8) is 0 Å². The molecule has 10 heteroatoms. The van der Waals surface area contributed by atoms with Crippen LogP contribution in [-0.4, -0.2) is 69.7 Å². The largest absolute Gasteiger partial charge is 0.497 e. The van der Waals surface area contributed by atoms with Crippen molar-refractivity contribution in [2.45, 2.75) is 23.5 Å². The van der Waals surface area contributed by atoms with Gasteiger partial charge in [0.25, 0.3) is 0 Å². The van der Waals surface area contributed by atoms with Crippen LogP contribution < -0.4 is 14.8 Å². The molecule has 1 aliphatic rings. The number of amides is 1. The van der Waals surface area contributed by atoms with E-state index in [1.807, 2.05) is 0 Å². The van der Waals surface area contributed by atoms with Crippen LogP contribution in [0, 0.1) is 0 Å². The summed E-state index contributed by atoms with van der Waals surface area (Å²) in [4.78, 5) is 16.8. The first-order valence-electron chi connectivity index (χ1n) is 9.45. The van der Waals surface area contributed by atoms with Crippen molar-refractivity contribution in [3.8, 4) is 11.5 Å². The first-order valence-corrected chi connectivity index (χ1v) is 10.9. The summed E-state index contributed by atoms with van der Waals surface area (Å²) in [6.45, 7) is 0.668. The van der Waals surface area contributed by atoms with E-state index >= 15 is 0 Å². The van der Waals surface area contributed by atoms with Gasteiger partial charge < -0.3 is 19.5 Å². The zero-order valence-corrected chi connectivity index (χ0v) is 17.7. The number of pyridine rings is 1. The van der Waals surface area contributed by atoms with E-state index in [2.05, 4.69) is 10.3 Å². The number of nitrogens with one attached hydrogen (secondary N) is 1. The fourth-order valence-electron chi connectivity index (χ4n) is 3.24. The first-order chi connectivity index (χ1) is 14.5. The molecule has 2 atom stereocenters. The lowest BCUT2D eigenvalue weighted by Crippen LogP contribution is -2.46. The number of benzene rings is 1. The quantitative estimate of drug-likeness (QED) is 0.587. The molecule has 9 nitrogen and oxygen atoms in total. The number of hydrogen-bond acceptors (Lipinski definition) is 7. The zero-order valence-electron chi connectivity index (χ0n) is 16.9. The molecule has 0 aliphatic carbocycles. The van der Waals surface area contributed by atoms with Crippen molar-refractivity contribution in [2.24, 2.45) is 0 Å². The number of rotatable bonds is 9. The number of ether oxygens (including phenoxy) is 3. The van der Waals surface area contributed by atoms with Crippen molar-refractivity contribution in [1.82, 2.24) is 14.6 Å². The Kier molecular flexibility index (Phi) is 7.24. The lowest BCUT2D eigenvalue weighted by molar-refractivity contribution is -0.124. The van der Waals surface area contributed by atoms with Gasteiger partial charge >= 0.3 is 0 Å². The minimum Gasteiger partial charge on any atom is -0.497 e. The smallest absolute Gasteiger partial charge is 0.243 e. The van der Waals surface area contributed by atoms with Crippen LogP contribution in [0.3, 0.4) is 0 Å². The molecule has 1 amide bonds. The Balaban J connectivity index is 1.83. The van der Waals surface area contributed by atoms with E-state index in [-0.39, 0.29) is 30.3 Å². The van der Waals surface area contributed by atoms with Gasteiger partial charge in [0, 0.05) is 26.3 Å². The van der Waals surface area contributed by atoms with Gasteiger partial charge in [-0.15, -0.1) is 0 Å². The molecule has 3 rings (SSSR count). The highest BCUT2D eigenvalue weighted by Gasteiger charge is 2.45. The highest BCUT2D eigenvalue weighted by Crippen LogP contribution is 2.29. The molecule has 1 N–H and O–H groups in total. The van der Waals surface area contributed by atoms with Crippen LogP contribution in [0.5, 0.6) is 11.5 Å². The first kappa shape index (κ1) is 22.0. The van der Waals surface area contributed by atoms with Crippen molar-refractivity contribution >= 4 is 15.9 Å². The van der Waals surface area contributed by atoms with Gasteiger partial charge in [0.2, 0.25) is 15.9 Å². The van der Waals surface area contributed by atoms with Crippen LogP contribution in [-0.2, 0) is 19.6 Å². The van der Waals surface area contributed by atoms with Crippen LogP contribution in [0.25, 0.3) is 0 Å². The third-order valence-corrected chi connectivity index (χ3v) is 6.62. The van der Waals surface area contributed by atoms with Crippen molar-refractivity contribution in [1.29, 1.82) is 0 Å². The van der Waals surface area contributed by atoms with Crippen molar-refractivity contribution < 1.29 is 27.4 Å². The number of carbonyl (C=O) groups is 1. The summed E-state index contributed by atoms with van der Waals surface area (Å²) in [5.41, 5.74) is 0. The molecule has 1 saturated heterocycles. The van der Waals surface area contributed by atoms with E-state index in [9.17, 15) is 13.2 Å². The number of sulfonamides is 1. The topological polar surface area (TPSA) is 107 Å². The summed E-state index contributed by atoms with van der Waals surface area (Å²) in [6.07, 6.45) is 2.91. The summed E-state index contributed by atoms with van der Waals surface area (Å²) >= 11 is 0. The van der Waals surface area contributed by atoms with Gasteiger partial charge in [0.15, 0.2) is 0 Å². The molecule has 0 spiro atoms. The van der Waals surface area contributed by atoms with Gasteiger partial charge in [-0.2, -0.15) is 4.31 Å². The molecule has 30 heavy (non-hydrogen) atoms. The Labute approximate surface area is 176 Å². The van der Waals surface area contributed by atoms with Gasteiger partial charge in [-0.1, -0.05) is 0 Å².